The van der Waals surface area contributed by atoms with Gasteiger partial charge in [0.05, 0.1) is 4.86 Å². The van der Waals surface area contributed by atoms with E-state index in [4.69, 9.17) is 5.11 Å². The molecular weight excluding hydrogens is 314 g/mol. The van der Waals surface area contributed by atoms with Gasteiger partial charge < -0.3 is 10.0 Å². The number of carboxylic acids is 1. The molecule has 1 aliphatic heterocycles. The summed E-state index contributed by atoms with van der Waals surface area (Å²) in [4.78, 5) is 13.3. The second-order valence-electron chi connectivity index (χ2n) is 6.87. The molecule has 0 saturated heterocycles. The molecule has 1 aliphatic carbocycles. The maximum Gasteiger partial charge on any atom is 0.303 e. The van der Waals surface area contributed by atoms with Gasteiger partial charge in [0.15, 0.2) is 0 Å². The largest absolute Gasteiger partial charge is 0.481 e. The molecule has 0 spiro atoms. The number of rotatable bonds is 6. The Bertz CT molecular complexity index is 677. The van der Waals surface area contributed by atoms with E-state index < -0.39 is 16.3 Å². The molecule has 6 heteroatoms. The Hall–Kier alpha value is -1.56. The van der Waals surface area contributed by atoms with Gasteiger partial charge in [0.2, 0.25) is 10.3 Å². The van der Waals surface area contributed by atoms with Gasteiger partial charge in [-0.25, -0.2) is 0 Å². The lowest BCUT2D eigenvalue weighted by atomic mass is 9.77. The van der Waals surface area contributed by atoms with Crippen molar-refractivity contribution in [3.05, 3.63) is 23.4 Å². The average molecular weight is 339 g/mol. The van der Waals surface area contributed by atoms with Crippen LogP contribution >= 0.6 is 0 Å². The van der Waals surface area contributed by atoms with Crippen LogP contribution in [0.5, 0.6) is 0 Å². The second kappa shape index (κ2) is 6.91. The summed E-state index contributed by atoms with van der Waals surface area (Å²) in [6.45, 7) is 7.39. The molecule has 0 fully saturated rings. The van der Waals surface area contributed by atoms with Crippen LogP contribution in [0.15, 0.2) is 23.4 Å². The van der Waals surface area contributed by atoms with Crippen molar-refractivity contribution in [2.45, 2.75) is 58.9 Å². The Balaban J connectivity index is 2.08. The first-order valence-corrected chi connectivity index (χ1v) is 9.18. The maximum atomic E-state index is 11.2. The molecule has 23 heavy (non-hydrogen) atoms. The first-order valence-electron chi connectivity index (χ1n) is 8.10. The average Bonchev–Trinajstić information content (AvgIpc) is 2.67. The number of hydrogen-bond donors (Lipinski definition) is 1. The minimum absolute atomic E-state index is 0.0637. The highest BCUT2D eigenvalue weighted by Gasteiger charge is 2.43. The van der Waals surface area contributed by atoms with E-state index in [1.165, 1.54) is 5.57 Å². The normalized spacial score (nSPS) is 22.5. The van der Waals surface area contributed by atoms with Crippen LogP contribution in [0.3, 0.4) is 0 Å². The quantitative estimate of drug-likeness (QED) is 0.595. The molecule has 1 heterocycles. The van der Waals surface area contributed by atoms with Crippen molar-refractivity contribution in [1.82, 2.24) is 4.90 Å². The van der Waals surface area contributed by atoms with Crippen LogP contribution in [0, 0.1) is 5.41 Å². The number of allylic oxidation sites excluding steroid dienone is 2. The summed E-state index contributed by atoms with van der Waals surface area (Å²) in [5.41, 5.74) is 2.28. The molecule has 5 nitrogen and oxygen atoms in total. The van der Waals surface area contributed by atoms with Crippen molar-refractivity contribution in [1.29, 1.82) is 0 Å². The predicted molar refractivity (Wildman–Crippen MR) is 90.8 cm³/mol. The number of hydrogen-bond acceptors (Lipinski definition) is 4. The molecule has 2 aliphatic rings. The lowest BCUT2D eigenvalue weighted by Gasteiger charge is -2.33. The summed E-state index contributed by atoms with van der Waals surface area (Å²) in [5.74, 6) is -0.741. The molecule has 0 aromatic rings. The third-order valence-electron chi connectivity index (χ3n) is 5.19. The maximum absolute atomic E-state index is 11.2. The Morgan fingerprint density at radius 3 is 2.61 bits per heavy atom. The molecule has 1 N–H and O–H groups in total. The monoisotopic (exact) mass is 339 g/mol. The third-order valence-corrected chi connectivity index (χ3v) is 5.90. The molecule has 2 rings (SSSR count). The lowest BCUT2D eigenvalue weighted by Crippen LogP contribution is -2.36. The SMILES string of the molecule is CC1N(CCCCCC(=O)O)C2=C(CC(=S(=O)=O)C=C2)C1(C)C. The zero-order valence-electron chi connectivity index (χ0n) is 14.0. The molecule has 128 valence electrons. The van der Waals surface area contributed by atoms with E-state index in [-0.39, 0.29) is 11.8 Å². The number of nitrogens with zero attached hydrogens (tertiary/aromatic N) is 1. The van der Waals surface area contributed by atoms with Gasteiger partial charge in [0.1, 0.15) is 0 Å². The molecule has 0 radical (unpaired) electrons. The Kier molecular flexibility index (Phi) is 5.34. The highest BCUT2D eigenvalue weighted by Crippen LogP contribution is 2.47. The van der Waals surface area contributed by atoms with Crippen molar-refractivity contribution < 1.29 is 18.3 Å². The fraction of sp³-hybridized carbons (Fsp3) is 0.647. The van der Waals surface area contributed by atoms with E-state index >= 15 is 0 Å². The molecule has 1 unspecified atom stereocenters. The molecule has 0 bridgehead atoms. The number of aliphatic carboxylic acids is 1. The van der Waals surface area contributed by atoms with Crippen molar-refractivity contribution >= 4 is 21.1 Å². The van der Waals surface area contributed by atoms with Crippen LogP contribution in [0.1, 0.15) is 52.9 Å². The predicted octanol–water partition coefficient (Wildman–Crippen LogP) is 2.63. The fourth-order valence-corrected chi connectivity index (χ4v) is 3.88. The first kappa shape index (κ1) is 17.8. The molecule has 1 atom stereocenters. The zero-order valence-corrected chi connectivity index (χ0v) is 14.8. The van der Waals surface area contributed by atoms with Crippen LogP contribution in [-0.4, -0.2) is 41.8 Å². The van der Waals surface area contributed by atoms with Gasteiger partial charge in [-0.3, -0.25) is 4.79 Å². The molecule has 0 aromatic carbocycles. The van der Waals surface area contributed by atoms with Crippen LogP contribution < -0.4 is 0 Å². The van der Waals surface area contributed by atoms with E-state index in [1.54, 1.807) is 6.08 Å². The number of carbonyl (C=O) groups is 1. The lowest BCUT2D eigenvalue weighted by molar-refractivity contribution is -0.137. The number of unbranched alkanes of at least 4 members (excludes halogenated alkanes) is 2. The van der Waals surface area contributed by atoms with E-state index in [9.17, 15) is 13.2 Å². The van der Waals surface area contributed by atoms with Gasteiger partial charge in [-0.1, -0.05) is 20.3 Å². The highest BCUT2D eigenvalue weighted by atomic mass is 32.2. The third kappa shape index (κ3) is 3.68. The fourth-order valence-electron chi connectivity index (χ4n) is 3.44. The summed E-state index contributed by atoms with van der Waals surface area (Å²) in [5, 5.41) is 8.68. The highest BCUT2D eigenvalue weighted by molar-refractivity contribution is 7.73. The van der Waals surface area contributed by atoms with E-state index in [1.807, 2.05) is 6.08 Å². The Morgan fingerprint density at radius 2 is 2.00 bits per heavy atom. The zero-order chi connectivity index (χ0) is 17.2. The summed E-state index contributed by atoms with van der Waals surface area (Å²) >= 11 is 0. The molecule has 0 aromatic heterocycles. The summed E-state index contributed by atoms with van der Waals surface area (Å²) in [6, 6.07) is 0.302. The summed E-state index contributed by atoms with van der Waals surface area (Å²) in [6.07, 6.45) is 6.89. The van der Waals surface area contributed by atoms with Gasteiger partial charge in [0, 0.05) is 36.5 Å². The van der Waals surface area contributed by atoms with Gasteiger partial charge in [0.25, 0.3) is 0 Å². The van der Waals surface area contributed by atoms with Gasteiger partial charge in [-0.05, 0) is 37.5 Å². The van der Waals surface area contributed by atoms with Crippen molar-refractivity contribution in [3.63, 3.8) is 0 Å². The van der Waals surface area contributed by atoms with Crippen molar-refractivity contribution in [2.75, 3.05) is 6.54 Å². The standard InChI is InChI=1S/C17H25NO4S/c1-12-17(2,3)14-11-13(23(21)22)8-9-15(14)18(12)10-6-4-5-7-16(19)20/h8-9,12H,4-7,10-11H2,1-3H3,(H,19,20). The summed E-state index contributed by atoms with van der Waals surface area (Å²) < 4.78 is 22.5. The molecule has 0 amide bonds. The van der Waals surface area contributed by atoms with E-state index in [0.717, 1.165) is 25.1 Å². The van der Waals surface area contributed by atoms with Crippen LogP contribution in [0.2, 0.25) is 0 Å². The Labute approximate surface area is 139 Å². The van der Waals surface area contributed by atoms with Crippen LogP contribution in [-0.2, 0) is 15.1 Å². The van der Waals surface area contributed by atoms with Gasteiger partial charge in [-0.2, -0.15) is 8.42 Å². The smallest absolute Gasteiger partial charge is 0.303 e. The van der Waals surface area contributed by atoms with Gasteiger partial charge >= 0.3 is 5.97 Å². The van der Waals surface area contributed by atoms with E-state index in [2.05, 4.69) is 25.7 Å². The Morgan fingerprint density at radius 1 is 1.30 bits per heavy atom. The van der Waals surface area contributed by atoms with Gasteiger partial charge in [-0.15, -0.1) is 0 Å². The topological polar surface area (TPSA) is 74.7 Å². The van der Waals surface area contributed by atoms with Crippen molar-refractivity contribution in [3.8, 4) is 0 Å². The molecule has 0 saturated carbocycles. The second-order valence-corrected chi connectivity index (χ2v) is 7.86. The first-order chi connectivity index (χ1) is 10.7. The van der Waals surface area contributed by atoms with Crippen LogP contribution in [0.4, 0.5) is 0 Å². The minimum atomic E-state index is -2.16. The summed E-state index contributed by atoms with van der Waals surface area (Å²) in [7, 11) is -2.16. The minimum Gasteiger partial charge on any atom is -0.481 e. The van der Waals surface area contributed by atoms with Crippen LogP contribution in [0.25, 0.3) is 0 Å². The number of carboxylic acid groups (broad SMARTS) is 1. The van der Waals surface area contributed by atoms with E-state index in [0.29, 0.717) is 23.7 Å². The molecular formula is C17H25NO4S. The van der Waals surface area contributed by atoms with Crippen molar-refractivity contribution in [2.24, 2.45) is 5.41 Å².